The van der Waals surface area contributed by atoms with Crippen molar-refractivity contribution in [1.29, 1.82) is 5.26 Å². The summed E-state index contributed by atoms with van der Waals surface area (Å²) in [6.07, 6.45) is 0. The predicted octanol–water partition coefficient (Wildman–Crippen LogP) is 3.13. The van der Waals surface area contributed by atoms with Crippen LogP contribution in [0.15, 0.2) is 24.3 Å². The van der Waals surface area contributed by atoms with E-state index in [9.17, 15) is 4.79 Å². The highest BCUT2D eigenvalue weighted by molar-refractivity contribution is 8.00. The van der Waals surface area contributed by atoms with Crippen molar-refractivity contribution in [2.45, 2.75) is 31.3 Å². The monoisotopic (exact) mass is 263 g/mol. The van der Waals surface area contributed by atoms with Crippen molar-refractivity contribution in [3.8, 4) is 6.07 Å². The summed E-state index contributed by atoms with van der Waals surface area (Å²) >= 11 is 1.52. The van der Waals surface area contributed by atoms with Crippen molar-refractivity contribution in [1.82, 2.24) is 0 Å². The van der Waals surface area contributed by atoms with Crippen LogP contribution in [0.2, 0.25) is 0 Å². The largest absolute Gasteiger partial charge is 0.465 e. The predicted molar refractivity (Wildman–Crippen MR) is 73.2 cm³/mol. The molecule has 0 radical (unpaired) electrons. The lowest BCUT2D eigenvalue weighted by Crippen LogP contribution is -2.30. The minimum Gasteiger partial charge on any atom is -0.465 e. The molecule has 0 atom stereocenters. The number of ether oxygens (including phenoxy) is 1. The van der Waals surface area contributed by atoms with Crippen LogP contribution in [0.3, 0.4) is 0 Å². The summed E-state index contributed by atoms with van der Waals surface area (Å²) in [5, 5.41) is 8.82. The maximum atomic E-state index is 11.7. The van der Waals surface area contributed by atoms with E-state index >= 15 is 0 Å². The van der Waals surface area contributed by atoms with Crippen molar-refractivity contribution in [3.05, 3.63) is 35.4 Å². The maximum Gasteiger partial charge on any atom is 0.321 e. The summed E-state index contributed by atoms with van der Waals surface area (Å²) in [4.78, 5) is 11.7. The van der Waals surface area contributed by atoms with E-state index in [0.29, 0.717) is 17.9 Å². The summed E-state index contributed by atoms with van der Waals surface area (Å²) in [5.41, 5.74) is 1.68. The molecule has 0 saturated carbocycles. The van der Waals surface area contributed by atoms with Gasteiger partial charge in [-0.2, -0.15) is 5.26 Å². The van der Waals surface area contributed by atoms with Gasteiger partial charge in [-0.05, 0) is 38.5 Å². The Labute approximate surface area is 112 Å². The van der Waals surface area contributed by atoms with Crippen LogP contribution in [0.25, 0.3) is 0 Å². The van der Waals surface area contributed by atoms with Crippen molar-refractivity contribution >= 4 is 17.7 Å². The highest BCUT2D eigenvalue weighted by Crippen LogP contribution is 2.29. The summed E-state index contributed by atoms with van der Waals surface area (Å²) in [5.74, 6) is 0.480. The maximum absolute atomic E-state index is 11.7. The smallest absolute Gasteiger partial charge is 0.321 e. The first kappa shape index (κ1) is 14.6. The van der Waals surface area contributed by atoms with Gasteiger partial charge in [-0.15, -0.1) is 11.8 Å². The zero-order chi connectivity index (χ0) is 13.6. The van der Waals surface area contributed by atoms with Gasteiger partial charge < -0.3 is 4.74 Å². The number of rotatable bonds is 5. The van der Waals surface area contributed by atoms with Gasteiger partial charge in [0.25, 0.3) is 0 Å². The van der Waals surface area contributed by atoms with Gasteiger partial charge in [0.1, 0.15) is 4.75 Å². The third kappa shape index (κ3) is 4.08. The van der Waals surface area contributed by atoms with Gasteiger partial charge in [0.05, 0.1) is 18.2 Å². The van der Waals surface area contributed by atoms with E-state index in [-0.39, 0.29) is 5.97 Å². The standard InChI is InChI=1S/C14H17NO2S/c1-4-17-13(16)14(2,3)18-10-12-7-5-6-11(8-12)9-15/h5-8H,4,10H2,1-3H3. The Morgan fingerprint density at radius 3 is 2.83 bits per heavy atom. The molecule has 0 amide bonds. The molecule has 0 heterocycles. The summed E-state index contributed by atoms with van der Waals surface area (Å²) in [6, 6.07) is 9.52. The fourth-order valence-corrected chi connectivity index (χ4v) is 2.24. The molecule has 96 valence electrons. The Bertz CT molecular complexity index is 463. The normalized spacial score (nSPS) is 10.8. The van der Waals surface area contributed by atoms with Crippen LogP contribution in [0.4, 0.5) is 0 Å². The van der Waals surface area contributed by atoms with Crippen molar-refractivity contribution in [2.75, 3.05) is 6.61 Å². The van der Waals surface area contributed by atoms with Crippen LogP contribution < -0.4 is 0 Å². The molecule has 1 rings (SSSR count). The lowest BCUT2D eigenvalue weighted by Gasteiger charge is -2.21. The van der Waals surface area contributed by atoms with Crippen LogP contribution >= 0.6 is 11.8 Å². The minimum absolute atomic E-state index is 0.202. The number of nitrogens with zero attached hydrogens (tertiary/aromatic N) is 1. The van der Waals surface area contributed by atoms with Crippen molar-refractivity contribution in [2.24, 2.45) is 0 Å². The van der Waals surface area contributed by atoms with Crippen molar-refractivity contribution in [3.63, 3.8) is 0 Å². The molecular weight excluding hydrogens is 246 g/mol. The van der Waals surface area contributed by atoms with E-state index in [2.05, 4.69) is 6.07 Å². The first-order valence-electron chi connectivity index (χ1n) is 5.80. The van der Waals surface area contributed by atoms with Gasteiger partial charge in [-0.1, -0.05) is 12.1 Å². The van der Waals surface area contributed by atoms with Crippen LogP contribution in [-0.2, 0) is 15.3 Å². The number of esters is 1. The number of hydrogen-bond donors (Lipinski definition) is 0. The molecule has 0 spiro atoms. The second-order valence-electron chi connectivity index (χ2n) is 4.33. The SMILES string of the molecule is CCOC(=O)C(C)(C)SCc1cccc(C#N)c1. The molecule has 0 saturated heterocycles. The van der Waals surface area contributed by atoms with Gasteiger partial charge in [-0.25, -0.2) is 0 Å². The molecule has 0 aliphatic rings. The Balaban J connectivity index is 2.64. The van der Waals surface area contributed by atoms with Gasteiger partial charge in [0, 0.05) is 5.75 Å². The fraction of sp³-hybridized carbons (Fsp3) is 0.429. The molecule has 1 aromatic rings. The molecule has 0 aliphatic heterocycles. The van der Waals surface area contributed by atoms with Gasteiger partial charge in [-0.3, -0.25) is 4.79 Å². The van der Waals surface area contributed by atoms with E-state index in [1.165, 1.54) is 11.8 Å². The van der Waals surface area contributed by atoms with Gasteiger partial charge >= 0.3 is 5.97 Å². The van der Waals surface area contributed by atoms with Crippen molar-refractivity contribution < 1.29 is 9.53 Å². The molecule has 0 bridgehead atoms. The average Bonchev–Trinajstić information content (AvgIpc) is 2.37. The Morgan fingerprint density at radius 2 is 2.22 bits per heavy atom. The molecule has 1 aromatic carbocycles. The fourth-order valence-electron chi connectivity index (χ4n) is 1.36. The molecule has 0 unspecified atom stereocenters. The number of benzene rings is 1. The lowest BCUT2D eigenvalue weighted by molar-refractivity contribution is -0.145. The van der Waals surface area contributed by atoms with Crippen LogP contribution in [-0.4, -0.2) is 17.3 Å². The summed E-state index contributed by atoms with van der Waals surface area (Å²) in [6.45, 7) is 5.90. The van der Waals surface area contributed by atoms with Gasteiger partial charge in [0.2, 0.25) is 0 Å². The second kappa shape index (κ2) is 6.46. The molecule has 0 fully saturated rings. The third-order valence-corrected chi connectivity index (χ3v) is 3.79. The summed E-state index contributed by atoms with van der Waals surface area (Å²) in [7, 11) is 0. The minimum atomic E-state index is -0.571. The number of nitriles is 1. The quantitative estimate of drug-likeness (QED) is 0.766. The number of hydrogen-bond acceptors (Lipinski definition) is 4. The van der Waals surface area contributed by atoms with E-state index in [1.54, 1.807) is 13.0 Å². The van der Waals surface area contributed by atoms with E-state index in [4.69, 9.17) is 10.00 Å². The number of carbonyl (C=O) groups is 1. The molecule has 0 N–H and O–H groups in total. The van der Waals surface area contributed by atoms with Crippen LogP contribution in [0.1, 0.15) is 31.9 Å². The molecular formula is C14H17NO2S. The topological polar surface area (TPSA) is 50.1 Å². The second-order valence-corrected chi connectivity index (χ2v) is 5.93. The summed E-state index contributed by atoms with van der Waals surface area (Å²) < 4.78 is 4.46. The third-order valence-electron chi connectivity index (χ3n) is 2.42. The first-order chi connectivity index (χ1) is 8.49. The number of carbonyl (C=O) groups excluding carboxylic acids is 1. The first-order valence-corrected chi connectivity index (χ1v) is 6.78. The zero-order valence-electron chi connectivity index (χ0n) is 10.9. The van der Waals surface area contributed by atoms with Crippen LogP contribution in [0.5, 0.6) is 0 Å². The van der Waals surface area contributed by atoms with Gasteiger partial charge in [0.15, 0.2) is 0 Å². The lowest BCUT2D eigenvalue weighted by atomic mass is 10.2. The molecule has 0 aromatic heterocycles. The Morgan fingerprint density at radius 1 is 1.50 bits per heavy atom. The van der Waals surface area contributed by atoms with E-state index in [1.807, 2.05) is 32.0 Å². The number of thioether (sulfide) groups is 1. The molecule has 3 nitrogen and oxygen atoms in total. The molecule has 4 heteroatoms. The average molecular weight is 263 g/mol. The van der Waals surface area contributed by atoms with E-state index < -0.39 is 4.75 Å². The Hall–Kier alpha value is -1.47. The molecule has 18 heavy (non-hydrogen) atoms. The van der Waals surface area contributed by atoms with E-state index in [0.717, 1.165) is 5.56 Å². The highest BCUT2D eigenvalue weighted by atomic mass is 32.2. The molecule has 0 aliphatic carbocycles. The zero-order valence-corrected chi connectivity index (χ0v) is 11.7. The van der Waals surface area contributed by atoms with Crippen LogP contribution in [0, 0.1) is 11.3 Å². The highest BCUT2D eigenvalue weighted by Gasteiger charge is 2.29. The Kier molecular flexibility index (Phi) is 5.24.